The van der Waals surface area contributed by atoms with Crippen LogP contribution in [0.5, 0.6) is 0 Å². The molecule has 0 atom stereocenters. The minimum absolute atomic E-state index is 0.0295. The fraction of sp³-hybridized carbons (Fsp3) is 0.368. The molecule has 3 nitrogen and oxygen atoms in total. The molecule has 0 aliphatic carbocycles. The monoisotopic (exact) mass is 326 g/mol. The van der Waals surface area contributed by atoms with Gasteiger partial charge in [-0.3, -0.25) is 9.78 Å². The van der Waals surface area contributed by atoms with Gasteiger partial charge in [0.25, 0.3) is 5.91 Å². The smallest absolute Gasteiger partial charge is 0.272 e. The molecule has 3 rings (SSSR count). The van der Waals surface area contributed by atoms with E-state index in [4.69, 9.17) is 0 Å². The van der Waals surface area contributed by atoms with Crippen LogP contribution >= 0.6 is 11.8 Å². The zero-order valence-corrected chi connectivity index (χ0v) is 14.7. The van der Waals surface area contributed by atoms with Gasteiger partial charge in [0.15, 0.2) is 0 Å². The fourth-order valence-electron chi connectivity index (χ4n) is 2.95. The van der Waals surface area contributed by atoms with E-state index in [1.165, 1.54) is 16.0 Å². The van der Waals surface area contributed by atoms with Gasteiger partial charge in [-0.15, -0.1) is 11.8 Å². The maximum atomic E-state index is 12.7. The average Bonchev–Trinajstić information content (AvgIpc) is 2.60. The Morgan fingerprint density at radius 3 is 2.74 bits per heavy atom. The van der Waals surface area contributed by atoms with E-state index in [0.717, 1.165) is 18.5 Å². The quantitative estimate of drug-likeness (QED) is 0.795. The normalized spacial score (nSPS) is 14.0. The molecule has 0 fully saturated rings. The van der Waals surface area contributed by atoms with Crippen LogP contribution in [0.25, 0.3) is 0 Å². The highest BCUT2D eigenvalue weighted by Gasteiger charge is 2.24. The Labute approximate surface area is 142 Å². The molecule has 0 unspecified atom stereocenters. The molecule has 23 heavy (non-hydrogen) atoms. The summed E-state index contributed by atoms with van der Waals surface area (Å²) in [6.45, 7) is 5.70. The van der Waals surface area contributed by atoms with E-state index in [9.17, 15) is 4.79 Å². The van der Waals surface area contributed by atoms with Crippen LogP contribution in [0.15, 0.2) is 41.4 Å². The molecule has 1 aliphatic rings. The number of thioether (sulfide) groups is 1. The number of hydrogen-bond donors (Lipinski definition) is 0. The number of rotatable bonds is 3. The fourth-order valence-corrected chi connectivity index (χ4v) is 3.61. The third-order valence-corrected chi connectivity index (χ3v) is 5.23. The van der Waals surface area contributed by atoms with E-state index in [-0.39, 0.29) is 5.91 Å². The topological polar surface area (TPSA) is 33.2 Å². The van der Waals surface area contributed by atoms with Crippen molar-refractivity contribution in [2.75, 3.05) is 12.8 Å². The van der Waals surface area contributed by atoms with E-state index < -0.39 is 0 Å². The van der Waals surface area contributed by atoms with E-state index >= 15 is 0 Å². The molecule has 0 radical (unpaired) electrons. The van der Waals surface area contributed by atoms with E-state index in [1.54, 1.807) is 11.8 Å². The van der Waals surface area contributed by atoms with Crippen LogP contribution in [0.2, 0.25) is 0 Å². The molecular weight excluding hydrogens is 304 g/mol. The van der Waals surface area contributed by atoms with Gasteiger partial charge in [0, 0.05) is 24.2 Å². The minimum Gasteiger partial charge on any atom is -0.333 e. The second-order valence-corrected chi connectivity index (χ2v) is 7.05. The van der Waals surface area contributed by atoms with Gasteiger partial charge in [0.1, 0.15) is 5.69 Å². The summed E-state index contributed by atoms with van der Waals surface area (Å²) in [5.74, 6) is 0.458. The third-order valence-electron chi connectivity index (χ3n) is 4.41. The van der Waals surface area contributed by atoms with Crippen molar-refractivity contribution in [3.63, 3.8) is 0 Å². The molecule has 1 aromatic carbocycles. The van der Waals surface area contributed by atoms with Crippen molar-refractivity contribution < 1.29 is 4.79 Å². The van der Waals surface area contributed by atoms with Gasteiger partial charge in [0.05, 0.1) is 0 Å². The SMILES string of the molecule is CSc1cccc2c1CN(C(=O)c1ccc(C(C)C)cn1)CC2. The van der Waals surface area contributed by atoms with Crippen molar-refractivity contribution in [1.82, 2.24) is 9.88 Å². The molecule has 1 aliphatic heterocycles. The molecule has 0 N–H and O–H groups in total. The van der Waals surface area contributed by atoms with Crippen molar-refractivity contribution in [1.29, 1.82) is 0 Å². The molecule has 0 bridgehead atoms. The first-order valence-electron chi connectivity index (χ1n) is 8.00. The first-order chi connectivity index (χ1) is 11.1. The van der Waals surface area contributed by atoms with Gasteiger partial charge in [-0.2, -0.15) is 0 Å². The Bertz CT molecular complexity index is 696. The number of nitrogens with zero attached hydrogens (tertiary/aromatic N) is 2. The molecule has 0 saturated heterocycles. The third kappa shape index (κ3) is 3.27. The Balaban J connectivity index is 1.81. The molecular formula is C19H22N2OS. The number of benzene rings is 1. The number of amides is 1. The van der Waals surface area contributed by atoms with Gasteiger partial charge in [-0.05, 0) is 47.4 Å². The van der Waals surface area contributed by atoms with Crippen LogP contribution in [0, 0.1) is 0 Å². The summed E-state index contributed by atoms with van der Waals surface area (Å²) in [5, 5.41) is 0. The first kappa shape index (κ1) is 16.1. The summed E-state index contributed by atoms with van der Waals surface area (Å²) in [6.07, 6.45) is 4.82. The van der Waals surface area contributed by atoms with Crippen LogP contribution in [0.4, 0.5) is 0 Å². The van der Waals surface area contributed by atoms with Crippen LogP contribution < -0.4 is 0 Å². The Morgan fingerprint density at radius 2 is 2.09 bits per heavy atom. The highest BCUT2D eigenvalue weighted by Crippen LogP contribution is 2.29. The summed E-state index contributed by atoms with van der Waals surface area (Å²) in [6, 6.07) is 10.3. The Hall–Kier alpha value is -1.81. The summed E-state index contributed by atoms with van der Waals surface area (Å²) < 4.78 is 0. The van der Waals surface area contributed by atoms with Gasteiger partial charge in [-0.25, -0.2) is 0 Å². The zero-order valence-electron chi connectivity index (χ0n) is 13.9. The summed E-state index contributed by atoms with van der Waals surface area (Å²) in [4.78, 5) is 20.3. The number of fused-ring (bicyclic) bond motifs is 1. The van der Waals surface area contributed by atoms with Gasteiger partial charge >= 0.3 is 0 Å². The largest absolute Gasteiger partial charge is 0.333 e. The highest BCUT2D eigenvalue weighted by molar-refractivity contribution is 7.98. The predicted molar refractivity (Wildman–Crippen MR) is 95.0 cm³/mol. The number of carbonyl (C=O) groups is 1. The highest BCUT2D eigenvalue weighted by atomic mass is 32.2. The Morgan fingerprint density at radius 1 is 1.26 bits per heavy atom. The van der Waals surface area contributed by atoms with Gasteiger partial charge < -0.3 is 4.90 Å². The standard InChI is InChI=1S/C19H22N2OS/c1-13(2)15-7-8-17(20-11-15)19(22)21-10-9-14-5-4-6-18(23-3)16(14)12-21/h4-8,11,13H,9-10,12H2,1-3H3. The average molecular weight is 326 g/mol. The molecule has 1 amide bonds. The lowest BCUT2D eigenvalue weighted by Crippen LogP contribution is -2.36. The van der Waals surface area contributed by atoms with Gasteiger partial charge in [0.2, 0.25) is 0 Å². The number of pyridine rings is 1. The lowest BCUT2D eigenvalue weighted by Gasteiger charge is -2.30. The van der Waals surface area contributed by atoms with Crippen molar-refractivity contribution in [3.8, 4) is 0 Å². The van der Waals surface area contributed by atoms with Crippen molar-refractivity contribution >= 4 is 17.7 Å². The molecule has 0 spiro atoms. The number of carbonyl (C=O) groups excluding carboxylic acids is 1. The van der Waals surface area contributed by atoms with Crippen molar-refractivity contribution in [2.24, 2.45) is 0 Å². The van der Waals surface area contributed by atoms with E-state index in [0.29, 0.717) is 18.2 Å². The lowest BCUT2D eigenvalue weighted by molar-refractivity contribution is 0.0727. The van der Waals surface area contributed by atoms with Crippen LogP contribution in [-0.2, 0) is 13.0 Å². The van der Waals surface area contributed by atoms with Crippen molar-refractivity contribution in [3.05, 3.63) is 58.9 Å². The minimum atomic E-state index is 0.0295. The molecule has 4 heteroatoms. The maximum absolute atomic E-state index is 12.7. The Kier molecular flexibility index (Phi) is 4.71. The second kappa shape index (κ2) is 6.75. The van der Waals surface area contributed by atoms with Crippen LogP contribution in [0.1, 0.15) is 46.9 Å². The summed E-state index contributed by atoms with van der Waals surface area (Å²) in [5.41, 5.74) is 4.36. The molecule has 0 saturated carbocycles. The predicted octanol–water partition coefficient (Wildman–Crippen LogP) is 4.13. The zero-order chi connectivity index (χ0) is 16.4. The van der Waals surface area contributed by atoms with E-state index in [1.807, 2.05) is 23.2 Å². The lowest BCUT2D eigenvalue weighted by atomic mass is 9.99. The second-order valence-electron chi connectivity index (χ2n) is 6.21. The summed E-state index contributed by atoms with van der Waals surface area (Å²) >= 11 is 1.74. The molecule has 2 aromatic rings. The maximum Gasteiger partial charge on any atom is 0.272 e. The van der Waals surface area contributed by atoms with Crippen molar-refractivity contribution in [2.45, 2.75) is 37.6 Å². The first-order valence-corrected chi connectivity index (χ1v) is 9.22. The van der Waals surface area contributed by atoms with E-state index in [2.05, 4.69) is 43.3 Å². The summed E-state index contributed by atoms with van der Waals surface area (Å²) in [7, 11) is 0. The van der Waals surface area contributed by atoms with Crippen LogP contribution in [-0.4, -0.2) is 28.6 Å². The van der Waals surface area contributed by atoms with Gasteiger partial charge in [-0.1, -0.05) is 32.0 Å². The number of aromatic nitrogens is 1. The molecule has 2 heterocycles. The van der Waals surface area contributed by atoms with Crippen LogP contribution in [0.3, 0.4) is 0 Å². The molecule has 1 aromatic heterocycles. The molecule has 120 valence electrons. The number of hydrogen-bond acceptors (Lipinski definition) is 3.